The van der Waals surface area contributed by atoms with Crippen molar-refractivity contribution in [2.24, 2.45) is 0 Å². The molecule has 3 aromatic carbocycles. The number of methoxy groups -OCH3 is 1. The average Bonchev–Trinajstić information content (AvgIpc) is 3.53. The zero-order chi connectivity index (χ0) is 31.5. The fraction of sp³-hybridized carbons (Fsp3) is 0.212. The number of phenols is 1. The Morgan fingerprint density at radius 1 is 1.02 bits per heavy atom. The Balaban J connectivity index is 1.60. The maximum atomic E-state index is 13.6. The van der Waals surface area contributed by atoms with E-state index in [0.717, 1.165) is 21.8 Å². The molecule has 0 saturated carbocycles. The number of aryl methyl sites for hydroxylation is 2. The van der Waals surface area contributed by atoms with Crippen molar-refractivity contribution in [2.45, 2.75) is 33.4 Å². The first-order valence-electron chi connectivity index (χ1n) is 13.7. The minimum atomic E-state index is -1.15. The summed E-state index contributed by atoms with van der Waals surface area (Å²) in [5, 5.41) is 21.9. The summed E-state index contributed by atoms with van der Waals surface area (Å²) in [5.41, 5.74) is 2.50. The predicted molar refractivity (Wildman–Crippen MR) is 164 cm³/mol. The van der Waals surface area contributed by atoms with Gasteiger partial charge in [-0.15, -0.1) is 0 Å². The molecule has 1 amide bonds. The van der Waals surface area contributed by atoms with E-state index in [4.69, 9.17) is 14.2 Å². The second-order valence-electron chi connectivity index (χ2n) is 9.99. The molecule has 2 heterocycles. The van der Waals surface area contributed by atoms with Crippen LogP contribution in [0.5, 0.6) is 17.2 Å². The van der Waals surface area contributed by atoms with Crippen LogP contribution in [-0.4, -0.2) is 46.6 Å². The minimum absolute atomic E-state index is 0.0737. The van der Waals surface area contributed by atoms with Gasteiger partial charge in [-0.05, 0) is 67.8 Å². The quantitative estimate of drug-likeness (QED) is 0.103. The topological polar surface area (TPSA) is 135 Å². The molecule has 1 aliphatic rings. The van der Waals surface area contributed by atoms with Gasteiger partial charge in [0.25, 0.3) is 5.78 Å². The Kier molecular flexibility index (Phi) is 8.68. The molecular formula is C33H30N2O8S. The maximum absolute atomic E-state index is 13.6. The monoisotopic (exact) mass is 614 g/mol. The van der Waals surface area contributed by atoms with Crippen molar-refractivity contribution in [2.75, 3.05) is 18.6 Å². The van der Waals surface area contributed by atoms with E-state index < -0.39 is 29.5 Å². The summed E-state index contributed by atoms with van der Waals surface area (Å²) in [6, 6.07) is 17.9. The van der Waals surface area contributed by atoms with Gasteiger partial charge in [0.15, 0.2) is 16.6 Å². The van der Waals surface area contributed by atoms with E-state index in [2.05, 4.69) is 4.98 Å². The van der Waals surface area contributed by atoms with Crippen molar-refractivity contribution in [3.8, 4) is 17.2 Å². The van der Waals surface area contributed by atoms with Crippen molar-refractivity contribution >= 4 is 39.9 Å². The van der Waals surface area contributed by atoms with Gasteiger partial charge in [-0.25, -0.2) is 9.78 Å². The van der Waals surface area contributed by atoms with E-state index >= 15 is 0 Å². The molecule has 2 N–H and O–H groups in total. The normalized spacial score (nSPS) is 15.8. The van der Waals surface area contributed by atoms with Crippen molar-refractivity contribution in [1.82, 2.24) is 4.98 Å². The van der Waals surface area contributed by atoms with Gasteiger partial charge in [-0.2, -0.15) is 0 Å². The Morgan fingerprint density at radius 3 is 2.45 bits per heavy atom. The number of aliphatic hydroxyl groups is 1. The number of hydrogen-bond acceptors (Lipinski definition) is 10. The molecule has 226 valence electrons. The van der Waals surface area contributed by atoms with E-state index in [-0.39, 0.29) is 33.7 Å². The molecule has 0 bridgehead atoms. The Hall–Kier alpha value is -5.16. The van der Waals surface area contributed by atoms with E-state index in [0.29, 0.717) is 34.7 Å². The van der Waals surface area contributed by atoms with Crippen LogP contribution in [0.3, 0.4) is 0 Å². The molecule has 1 fully saturated rings. The predicted octanol–water partition coefficient (Wildman–Crippen LogP) is 5.86. The number of ketones is 1. The molecular weight excluding hydrogens is 584 g/mol. The summed E-state index contributed by atoms with van der Waals surface area (Å²) in [4.78, 5) is 45.5. The molecule has 4 aromatic rings. The van der Waals surface area contributed by atoms with Crippen LogP contribution in [0.25, 0.3) is 5.76 Å². The van der Waals surface area contributed by atoms with Crippen LogP contribution in [0.1, 0.15) is 50.6 Å². The number of thiazole rings is 1. The summed E-state index contributed by atoms with van der Waals surface area (Å²) in [7, 11) is 1.37. The molecule has 1 aliphatic heterocycles. The number of aromatic hydroxyl groups is 1. The molecule has 44 heavy (non-hydrogen) atoms. The highest BCUT2D eigenvalue weighted by Crippen LogP contribution is 2.45. The zero-order valence-electron chi connectivity index (χ0n) is 24.5. The number of aromatic nitrogens is 1. The van der Waals surface area contributed by atoms with E-state index in [1.807, 2.05) is 37.3 Å². The van der Waals surface area contributed by atoms with Crippen molar-refractivity contribution in [3.63, 3.8) is 0 Å². The first-order chi connectivity index (χ1) is 21.1. The molecule has 11 heteroatoms. The summed E-state index contributed by atoms with van der Waals surface area (Å²) in [6.07, 6.45) is 0. The standard InChI is InChI=1S/C33H30N2O8S/c1-5-42-32(40)30-19(3)34-33(44-30)35-27(21-11-13-23(36)25(16-21)41-4)26(29(38)31(35)39)28(37)22-12-14-24(18(2)15-22)43-17-20-9-7-6-8-10-20/h6-16,27,36-37H,5,17H2,1-4H3/t27-/m1/s1. The molecule has 5 rings (SSSR count). The summed E-state index contributed by atoms with van der Waals surface area (Å²) in [6.45, 7) is 5.59. The van der Waals surface area contributed by atoms with Gasteiger partial charge in [-0.3, -0.25) is 14.5 Å². The largest absolute Gasteiger partial charge is 0.507 e. The third-order valence-electron chi connectivity index (χ3n) is 7.10. The number of rotatable bonds is 9. The lowest BCUT2D eigenvalue weighted by Gasteiger charge is -2.23. The van der Waals surface area contributed by atoms with Crippen LogP contribution in [0, 0.1) is 13.8 Å². The number of hydrogen-bond donors (Lipinski definition) is 2. The van der Waals surface area contributed by atoms with Gasteiger partial charge in [0, 0.05) is 5.56 Å². The van der Waals surface area contributed by atoms with Gasteiger partial charge in [0.1, 0.15) is 23.0 Å². The van der Waals surface area contributed by atoms with Crippen LogP contribution in [-0.2, 0) is 20.9 Å². The van der Waals surface area contributed by atoms with Crippen molar-refractivity contribution in [1.29, 1.82) is 0 Å². The number of carbonyl (C=O) groups is 3. The van der Waals surface area contributed by atoms with Gasteiger partial charge >= 0.3 is 11.9 Å². The van der Waals surface area contributed by atoms with Gasteiger partial charge in [-0.1, -0.05) is 47.7 Å². The fourth-order valence-electron chi connectivity index (χ4n) is 4.93. The van der Waals surface area contributed by atoms with Crippen LogP contribution >= 0.6 is 11.3 Å². The number of ether oxygens (including phenoxy) is 3. The Labute approximate surface area is 257 Å². The molecule has 0 spiro atoms. The number of phenolic OH excluding ortho intramolecular Hbond substituents is 1. The van der Waals surface area contributed by atoms with E-state index in [1.165, 1.54) is 25.3 Å². The second kappa shape index (κ2) is 12.6. The lowest BCUT2D eigenvalue weighted by Crippen LogP contribution is -2.29. The third-order valence-corrected chi connectivity index (χ3v) is 8.24. The molecule has 0 aliphatic carbocycles. The smallest absolute Gasteiger partial charge is 0.350 e. The van der Waals surface area contributed by atoms with E-state index in [1.54, 1.807) is 32.0 Å². The highest BCUT2D eigenvalue weighted by molar-refractivity contribution is 7.17. The molecule has 1 aromatic heterocycles. The van der Waals surface area contributed by atoms with E-state index in [9.17, 15) is 24.6 Å². The average molecular weight is 615 g/mol. The lowest BCUT2D eigenvalue weighted by atomic mass is 9.94. The third kappa shape index (κ3) is 5.73. The van der Waals surface area contributed by atoms with Crippen LogP contribution in [0.15, 0.2) is 72.3 Å². The number of Topliss-reactive ketones (excluding diaryl/α,β-unsaturated/α-hetero) is 1. The van der Waals surface area contributed by atoms with Crippen LogP contribution < -0.4 is 14.4 Å². The summed E-state index contributed by atoms with van der Waals surface area (Å²) in [5.74, 6) is -2.33. The fourth-order valence-corrected chi connectivity index (χ4v) is 5.92. The molecule has 1 atom stereocenters. The van der Waals surface area contributed by atoms with Gasteiger partial charge in [0.2, 0.25) is 0 Å². The second-order valence-corrected chi connectivity index (χ2v) is 11.0. The molecule has 0 radical (unpaired) electrons. The maximum Gasteiger partial charge on any atom is 0.350 e. The van der Waals surface area contributed by atoms with Crippen molar-refractivity contribution in [3.05, 3.63) is 105 Å². The van der Waals surface area contributed by atoms with Crippen LogP contribution in [0.4, 0.5) is 5.13 Å². The number of amides is 1. The number of esters is 1. The Bertz CT molecular complexity index is 1780. The highest BCUT2D eigenvalue weighted by atomic mass is 32.1. The number of carbonyl (C=O) groups excluding carboxylic acids is 3. The number of nitrogens with zero attached hydrogens (tertiary/aromatic N) is 2. The van der Waals surface area contributed by atoms with Gasteiger partial charge in [0.05, 0.1) is 31.0 Å². The zero-order valence-corrected chi connectivity index (χ0v) is 25.3. The highest BCUT2D eigenvalue weighted by Gasteiger charge is 2.48. The number of aliphatic hydroxyl groups excluding tert-OH is 1. The summed E-state index contributed by atoms with van der Waals surface area (Å²) >= 11 is 0.906. The first-order valence-corrected chi connectivity index (χ1v) is 14.6. The number of benzene rings is 3. The molecule has 1 saturated heterocycles. The molecule has 10 nitrogen and oxygen atoms in total. The molecule has 0 unspecified atom stereocenters. The Morgan fingerprint density at radius 2 is 1.77 bits per heavy atom. The lowest BCUT2D eigenvalue weighted by molar-refractivity contribution is -0.132. The number of anilines is 1. The van der Waals surface area contributed by atoms with Gasteiger partial charge < -0.3 is 24.4 Å². The van der Waals surface area contributed by atoms with Crippen LogP contribution in [0.2, 0.25) is 0 Å². The first kappa shape index (κ1) is 30.3. The SMILES string of the molecule is CCOC(=O)c1sc(N2C(=O)C(=O)C(=C(O)c3ccc(OCc4ccccc4)c(C)c3)[C@H]2c2ccc(O)c(OC)c2)nc1C. The summed E-state index contributed by atoms with van der Waals surface area (Å²) < 4.78 is 16.4. The van der Waals surface area contributed by atoms with Crippen molar-refractivity contribution < 1.29 is 38.8 Å². The minimum Gasteiger partial charge on any atom is -0.507 e.